The van der Waals surface area contributed by atoms with E-state index in [2.05, 4.69) is 43.4 Å². The highest BCUT2D eigenvalue weighted by Crippen LogP contribution is 2.64. The third-order valence-corrected chi connectivity index (χ3v) is 7.39. The van der Waals surface area contributed by atoms with E-state index >= 15 is 0 Å². The lowest BCUT2D eigenvalue weighted by atomic mass is 9.97. The molecule has 0 spiro atoms. The van der Waals surface area contributed by atoms with Crippen LogP contribution in [0.15, 0.2) is 36.5 Å². The zero-order valence-corrected chi connectivity index (χ0v) is 9.54. The van der Waals surface area contributed by atoms with Crippen molar-refractivity contribution < 1.29 is 4.57 Å². The molecule has 0 saturated carbocycles. The van der Waals surface area contributed by atoms with Crippen LogP contribution in [0.25, 0.3) is 0 Å². The van der Waals surface area contributed by atoms with Gasteiger partial charge in [0.25, 0.3) is 0 Å². The monoisotopic (exact) mass is 208 g/mol. The fraction of sp³-hybridized carbons (Fsp3) is 0.500. The van der Waals surface area contributed by atoms with Gasteiger partial charge in [0, 0.05) is 17.5 Å². The molecule has 1 atom stereocenters. The van der Waals surface area contributed by atoms with Crippen LogP contribution in [-0.4, -0.2) is 17.5 Å². The molecule has 1 aliphatic carbocycles. The van der Waals surface area contributed by atoms with Crippen molar-refractivity contribution in [1.29, 1.82) is 0 Å². The molecule has 1 unspecified atom stereocenters. The summed E-state index contributed by atoms with van der Waals surface area (Å²) < 4.78 is 12.8. The van der Waals surface area contributed by atoms with Crippen LogP contribution in [0.5, 0.6) is 0 Å². The van der Waals surface area contributed by atoms with E-state index < -0.39 is 7.14 Å². The topological polar surface area (TPSA) is 17.1 Å². The van der Waals surface area contributed by atoms with Crippen molar-refractivity contribution in [2.24, 2.45) is 0 Å². The van der Waals surface area contributed by atoms with E-state index in [1.54, 1.807) is 0 Å². The molecule has 2 aliphatic rings. The molecular formula is C12H17OP. The van der Waals surface area contributed by atoms with Crippen molar-refractivity contribution in [2.45, 2.75) is 24.9 Å². The van der Waals surface area contributed by atoms with Gasteiger partial charge in [0.2, 0.25) is 0 Å². The van der Waals surface area contributed by atoms with E-state index in [9.17, 15) is 4.57 Å². The highest BCUT2D eigenvalue weighted by Gasteiger charge is 2.44. The first-order chi connectivity index (χ1) is 6.72. The lowest BCUT2D eigenvalue weighted by Crippen LogP contribution is -2.27. The van der Waals surface area contributed by atoms with Gasteiger partial charge in [-0.2, -0.15) is 0 Å². The summed E-state index contributed by atoms with van der Waals surface area (Å²) in [6, 6.07) is 0. The fourth-order valence-electron chi connectivity index (χ4n) is 2.43. The van der Waals surface area contributed by atoms with Gasteiger partial charge in [-0.1, -0.05) is 43.4 Å². The van der Waals surface area contributed by atoms with Crippen LogP contribution in [0.2, 0.25) is 0 Å². The smallest absolute Gasteiger partial charge is 0.105 e. The van der Waals surface area contributed by atoms with Crippen molar-refractivity contribution in [3.8, 4) is 0 Å². The van der Waals surface area contributed by atoms with Gasteiger partial charge in [0.05, 0.1) is 0 Å². The van der Waals surface area contributed by atoms with Gasteiger partial charge < -0.3 is 4.57 Å². The molecule has 2 heteroatoms. The maximum Gasteiger partial charge on any atom is 0.105 e. The molecule has 1 nitrogen and oxygen atoms in total. The minimum Gasteiger partial charge on any atom is -0.322 e. The maximum atomic E-state index is 12.8. The summed E-state index contributed by atoms with van der Waals surface area (Å²) >= 11 is 0. The molecule has 0 saturated heterocycles. The first-order valence-corrected chi connectivity index (χ1v) is 7.38. The van der Waals surface area contributed by atoms with Gasteiger partial charge in [-0.05, 0) is 12.8 Å². The third-order valence-electron chi connectivity index (χ3n) is 3.52. The largest absolute Gasteiger partial charge is 0.322 e. The van der Waals surface area contributed by atoms with Crippen molar-refractivity contribution in [1.82, 2.24) is 0 Å². The summed E-state index contributed by atoms with van der Waals surface area (Å²) in [5.41, 5.74) is 0. The third kappa shape index (κ3) is 1.35. The standard InChI is InChI=1S/C12H17OP/c1-2-12(8-4-3-5-9-12)14(13)10-6-7-11-14/h3-8H,2,9-11H2,1H3. The molecule has 0 N–H and O–H groups in total. The Hall–Kier alpha value is -0.550. The number of allylic oxidation sites excluding steroid dienone is 6. The van der Waals surface area contributed by atoms with Crippen LogP contribution >= 0.6 is 7.14 Å². The molecule has 14 heavy (non-hydrogen) atoms. The molecule has 0 aromatic heterocycles. The summed E-state index contributed by atoms with van der Waals surface area (Å²) in [5, 5.41) is -0.0365. The average Bonchev–Trinajstić information content (AvgIpc) is 2.68. The Kier molecular flexibility index (Phi) is 2.53. The average molecular weight is 208 g/mol. The Labute approximate surface area is 86.0 Å². The molecular weight excluding hydrogens is 191 g/mol. The van der Waals surface area contributed by atoms with Crippen molar-refractivity contribution >= 4 is 7.14 Å². The van der Waals surface area contributed by atoms with Gasteiger partial charge in [0.15, 0.2) is 0 Å². The SMILES string of the molecule is CCC1(P2(=O)CC=CC2)C=CC=CC1. The number of hydrogen-bond donors (Lipinski definition) is 0. The Morgan fingerprint density at radius 1 is 1.21 bits per heavy atom. The normalized spacial score (nSPS) is 33.8. The molecule has 0 fully saturated rings. The lowest BCUT2D eigenvalue weighted by molar-refractivity contribution is 0.540. The number of rotatable bonds is 2. The predicted molar refractivity (Wildman–Crippen MR) is 62.4 cm³/mol. The van der Waals surface area contributed by atoms with E-state index in [4.69, 9.17) is 0 Å². The van der Waals surface area contributed by atoms with Crippen molar-refractivity contribution in [2.75, 3.05) is 12.3 Å². The van der Waals surface area contributed by atoms with Gasteiger partial charge in [0.1, 0.15) is 7.14 Å². The van der Waals surface area contributed by atoms with Gasteiger partial charge in [-0.3, -0.25) is 0 Å². The van der Waals surface area contributed by atoms with Crippen LogP contribution < -0.4 is 0 Å². The Morgan fingerprint density at radius 2 is 1.93 bits per heavy atom. The second kappa shape index (κ2) is 3.55. The van der Waals surface area contributed by atoms with E-state index in [-0.39, 0.29) is 5.16 Å². The van der Waals surface area contributed by atoms with Crippen LogP contribution in [-0.2, 0) is 4.57 Å². The first kappa shape index (κ1) is 9.98. The Morgan fingerprint density at radius 3 is 2.43 bits per heavy atom. The quantitative estimate of drug-likeness (QED) is 0.500. The second-order valence-corrected chi connectivity index (χ2v) is 7.57. The molecule has 0 radical (unpaired) electrons. The molecule has 0 aromatic carbocycles. The summed E-state index contributed by atoms with van der Waals surface area (Å²) in [6.07, 6.45) is 16.2. The molecule has 0 aromatic rings. The first-order valence-electron chi connectivity index (χ1n) is 5.30. The summed E-state index contributed by atoms with van der Waals surface area (Å²) in [5.74, 6) is 0. The molecule has 1 heterocycles. The molecule has 1 aliphatic heterocycles. The Bertz CT molecular complexity index is 339. The highest BCUT2D eigenvalue weighted by atomic mass is 31.2. The maximum absolute atomic E-state index is 12.8. The summed E-state index contributed by atoms with van der Waals surface area (Å²) in [6.45, 7) is 2.15. The summed E-state index contributed by atoms with van der Waals surface area (Å²) in [4.78, 5) is 0. The zero-order chi connectivity index (χ0) is 10.1. The highest BCUT2D eigenvalue weighted by molar-refractivity contribution is 7.66. The molecule has 76 valence electrons. The lowest BCUT2D eigenvalue weighted by Gasteiger charge is -2.36. The summed E-state index contributed by atoms with van der Waals surface area (Å²) in [7, 11) is -2.03. The van der Waals surface area contributed by atoms with Gasteiger partial charge in [-0.25, -0.2) is 0 Å². The number of hydrogen-bond acceptors (Lipinski definition) is 1. The van der Waals surface area contributed by atoms with Crippen LogP contribution in [0.4, 0.5) is 0 Å². The van der Waals surface area contributed by atoms with Gasteiger partial charge in [-0.15, -0.1) is 0 Å². The van der Waals surface area contributed by atoms with E-state index in [0.717, 1.165) is 25.2 Å². The minimum absolute atomic E-state index is 0.0365. The fourth-order valence-corrected chi connectivity index (χ4v) is 5.66. The van der Waals surface area contributed by atoms with Crippen LogP contribution in [0.3, 0.4) is 0 Å². The van der Waals surface area contributed by atoms with E-state index in [1.165, 1.54) is 0 Å². The van der Waals surface area contributed by atoms with Crippen LogP contribution in [0, 0.1) is 0 Å². The predicted octanol–water partition coefficient (Wildman–Crippen LogP) is 3.58. The Balaban J connectivity index is 2.33. The second-order valence-electron chi connectivity index (χ2n) is 4.17. The molecule has 2 rings (SSSR count). The van der Waals surface area contributed by atoms with E-state index in [0.29, 0.717) is 0 Å². The van der Waals surface area contributed by atoms with Crippen LogP contribution in [0.1, 0.15) is 19.8 Å². The minimum atomic E-state index is -2.03. The van der Waals surface area contributed by atoms with Crippen molar-refractivity contribution in [3.05, 3.63) is 36.5 Å². The molecule has 0 amide bonds. The van der Waals surface area contributed by atoms with Gasteiger partial charge >= 0.3 is 0 Å². The van der Waals surface area contributed by atoms with Crippen molar-refractivity contribution in [3.63, 3.8) is 0 Å². The zero-order valence-electron chi connectivity index (χ0n) is 8.65. The molecule has 0 bridgehead atoms. The van der Waals surface area contributed by atoms with E-state index in [1.807, 2.05) is 0 Å².